The van der Waals surface area contributed by atoms with Gasteiger partial charge in [0.05, 0.1) is 0 Å². The fourth-order valence-corrected chi connectivity index (χ4v) is 1.30. The first-order valence-electron chi connectivity index (χ1n) is 4.81. The molecule has 1 rings (SSSR count). The minimum Gasteiger partial charge on any atom is -0.348 e. The molecule has 6 heteroatoms. The van der Waals surface area contributed by atoms with Crippen molar-refractivity contribution in [2.45, 2.75) is 12.6 Å². The molecular formula is C10H11BF3NO. The lowest BCUT2D eigenvalue weighted by Gasteiger charge is -2.09. The average molecular weight is 229 g/mol. The number of carbonyl (C=O) groups excluding carboxylic acids is 1. The van der Waals surface area contributed by atoms with Crippen LogP contribution >= 0.6 is 0 Å². The molecule has 0 aliphatic carbocycles. The summed E-state index contributed by atoms with van der Waals surface area (Å²) in [7, 11) is 1.88. The molecular weight excluding hydrogens is 218 g/mol. The molecule has 0 aliphatic rings. The number of halogens is 3. The van der Waals surface area contributed by atoms with Gasteiger partial charge in [0.1, 0.15) is 7.85 Å². The van der Waals surface area contributed by atoms with Crippen molar-refractivity contribution in [3.63, 3.8) is 0 Å². The van der Waals surface area contributed by atoms with Gasteiger partial charge < -0.3 is 5.32 Å². The standard InChI is InChI=1S/C10H11BF3NO/c11-8-4-2-1-3-7(8)5-6-15-9(16)10(12,13)14/h1-4H,5-6,11H2,(H,15,16). The maximum absolute atomic E-state index is 11.8. The van der Waals surface area contributed by atoms with Crippen LogP contribution in [0.1, 0.15) is 5.56 Å². The molecule has 0 unspecified atom stereocenters. The van der Waals surface area contributed by atoms with E-state index in [1.54, 1.807) is 0 Å². The highest BCUT2D eigenvalue weighted by molar-refractivity contribution is 6.33. The Kier molecular flexibility index (Phi) is 3.98. The fraction of sp³-hybridized carbons (Fsp3) is 0.300. The minimum atomic E-state index is -4.80. The van der Waals surface area contributed by atoms with Gasteiger partial charge in [-0.2, -0.15) is 13.2 Å². The summed E-state index contributed by atoms with van der Waals surface area (Å²) < 4.78 is 35.5. The zero-order chi connectivity index (χ0) is 12.2. The van der Waals surface area contributed by atoms with Gasteiger partial charge in [0.2, 0.25) is 0 Å². The number of rotatable bonds is 3. The van der Waals surface area contributed by atoms with Gasteiger partial charge >= 0.3 is 12.1 Å². The molecule has 0 heterocycles. The van der Waals surface area contributed by atoms with Crippen molar-refractivity contribution in [1.82, 2.24) is 5.32 Å². The van der Waals surface area contributed by atoms with E-state index in [1.165, 1.54) is 0 Å². The molecule has 0 spiro atoms. The molecule has 86 valence electrons. The Balaban J connectivity index is 2.43. The van der Waals surface area contributed by atoms with Crippen LogP contribution in [0.4, 0.5) is 13.2 Å². The van der Waals surface area contributed by atoms with Gasteiger partial charge in [0.25, 0.3) is 0 Å². The predicted molar refractivity (Wildman–Crippen MR) is 57.4 cm³/mol. The van der Waals surface area contributed by atoms with Crippen LogP contribution in [-0.2, 0) is 11.2 Å². The van der Waals surface area contributed by atoms with Crippen molar-refractivity contribution >= 4 is 19.2 Å². The van der Waals surface area contributed by atoms with Gasteiger partial charge in [-0.1, -0.05) is 35.3 Å². The van der Waals surface area contributed by atoms with E-state index in [9.17, 15) is 18.0 Å². The van der Waals surface area contributed by atoms with Crippen molar-refractivity contribution in [3.8, 4) is 0 Å². The lowest BCUT2D eigenvalue weighted by atomic mass is 9.89. The van der Waals surface area contributed by atoms with E-state index in [4.69, 9.17) is 0 Å². The van der Waals surface area contributed by atoms with Crippen LogP contribution in [0.15, 0.2) is 24.3 Å². The molecule has 0 saturated heterocycles. The van der Waals surface area contributed by atoms with E-state index < -0.39 is 12.1 Å². The lowest BCUT2D eigenvalue weighted by molar-refractivity contribution is -0.173. The quantitative estimate of drug-likeness (QED) is 0.735. The van der Waals surface area contributed by atoms with Crippen LogP contribution in [0.3, 0.4) is 0 Å². The van der Waals surface area contributed by atoms with E-state index in [2.05, 4.69) is 0 Å². The Hall–Kier alpha value is -1.46. The third-order valence-electron chi connectivity index (χ3n) is 2.20. The van der Waals surface area contributed by atoms with Gasteiger partial charge in [-0.05, 0) is 6.42 Å². The largest absolute Gasteiger partial charge is 0.471 e. The molecule has 1 aromatic carbocycles. The molecule has 0 aromatic heterocycles. The summed E-state index contributed by atoms with van der Waals surface area (Å²) in [4.78, 5) is 10.5. The number of carbonyl (C=O) groups is 1. The van der Waals surface area contributed by atoms with Gasteiger partial charge in [0.15, 0.2) is 0 Å². The second-order valence-corrected chi connectivity index (χ2v) is 3.43. The molecule has 0 aliphatic heterocycles. The number of amides is 1. The summed E-state index contributed by atoms with van der Waals surface area (Å²) in [6.07, 6.45) is -4.40. The van der Waals surface area contributed by atoms with Crippen molar-refractivity contribution in [2.24, 2.45) is 0 Å². The maximum Gasteiger partial charge on any atom is 0.471 e. The van der Waals surface area contributed by atoms with Crippen LogP contribution in [0.5, 0.6) is 0 Å². The number of hydrogen-bond donors (Lipinski definition) is 1. The van der Waals surface area contributed by atoms with Crippen molar-refractivity contribution in [1.29, 1.82) is 0 Å². The summed E-state index contributed by atoms with van der Waals surface area (Å²) in [6.45, 7) is -0.0107. The first-order valence-corrected chi connectivity index (χ1v) is 4.81. The smallest absolute Gasteiger partial charge is 0.348 e. The Morgan fingerprint density at radius 2 is 1.94 bits per heavy atom. The van der Waals surface area contributed by atoms with E-state index in [1.807, 2.05) is 37.4 Å². The molecule has 0 saturated carbocycles. The van der Waals surface area contributed by atoms with E-state index >= 15 is 0 Å². The summed E-state index contributed by atoms with van der Waals surface area (Å²) in [6, 6.07) is 7.37. The Bertz CT molecular complexity index is 379. The molecule has 0 bridgehead atoms. The Morgan fingerprint density at radius 1 is 1.31 bits per heavy atom. The molecule has 1 N–H and O–H groups in total. The highest BCUT2D eigenvalue weighted by Crippen LogP contribution is 2.13. The van der Waals surface area contributed by atoms with Gasteiger partial charge in [-0.25, -0.2) is 0 Å². The van der Waals surface area contributed by atoms with Crippen LogP contribution in [0.2, 0.25) is 0 Å². The minimum absolute atomic E-state index is 0.0107. The third-order valence-corrected chi connectivity index (χ3v) is 2.20. The molecule has 1 amide bonds. The van der Waals surface area contributed by atoms with E-state index in [-0.39, 0.29) is 6.54 Å². The number of benzene rings is 1. The average Bonchev–Trinajstić information content (AvgIpc) is 2.19. The van der Waals surface area contributed by atoms with Gasteiger partial charge in [-0.15, -0.1) is 0 Å². The number of alkyl halides is 3. The van der Waals surface area contributed by atoms with E-state index in [0.29, 0.717) is 6.42 Å². The summed E-state index contributed by atoms with van der Waals surface area (Å²) in [5.74, 6) is -1.89. The summed E-state index contributed by atoms with van der Waals surface area (Å²) >= 11 is 0. The maximum atomic E-state index is 11.8. The Morgan fingerprint density at radius 3 is 2.50 bits per heavy atom. The first kappa shape index (κ1) is 12.6. The third kappa shape index (κ3) is 3.60. The lowest BCUT2D eigenvalue weighted by Crippen LogP contribution is -2.38. The monoisotopic (exact) mass is 229 g/mol. The molecule has 1 aromatic rings. The number of hydrogen-bond acceptors (Lipinski definition) is 1. The van der Waals surface area contributed by atoms with Crippen LogP contribution in [0, 0.1) is 0 Å². The highest BCUT2D eigenvalue weighted by Gasteiger charge is 2.38. The number of nitrogens with one attached hydrogen (secondary N) is 1. The fourth-order valence-electron chi connectivity index (χ4n) is 1.30. The zero-order valence-corrected chi connectivity index (χ0v) is 8.77. The SMILES string of the molecule is Bc1ccccc1CCNC(=O)C(F)(F)F. The van der Waals surface area contributed by atoms with Crippen molar-refractivity contribution < 1.29 is 18.0 Å². The summed E-state index contributed by atoms with van der Waals surface area (Å²) in [5, 5.41) is 1.83. The predicted octanol–water partition coefficient (Wildman–Crippen LogP) is 0.166. The zero-order valence-electron chi connectivity index (χ0n) is 8.77. The van der Waals surface area contributed by atoms with Crippen LogP contribution < -0.4 is 10.8 Å². The van der Waals surface area contributed by atoms with Crippen LogP contribution in [-0.4, -0.2) is 26.5 Å². The topological polar surface area (TPSA) is 29.1 Å². The van der Waals surface area contributed by atoms with Crippen molar-refractivity contribution in [2.75, 3.05) is 6.54 Å². The van der Waals surface area contributed by atoms with Gasteiger partial charge in [0, 0.05) is 6.54 Å². The molecule has 0 atom stereocenters. The van der Waals surface area contributed by atoms with Gasteiger partial charge in [-0.3, -0.25) is 4.79 Å². The first-order chi connectivity index (χ1) is 7.41. The molecule has 0 radical (unpaired) electrons. The second kappa shape index (κ2) is 5.05. The second-order valence-electron chi connectivity index (χ2n) is 3.43. The van der Waals surface area contributed by atoms with E-state index in [0.717, 1.165) is 11.0 Å². The van der Waals surface area contributed by atoms with Crippen molar-refractivity contribution in [3.05, 3.63) is 29.8 Å². The van der Waals surface area contributed by atoms with Crippen LogP contribution in [0.25, 0.3) is 0 Å². The highest BCUT2D eigenvalue weighted by atomic mass is 19.4. The Labute approximate surface area is 92.3 Å². The molecule has 16 heavy (non-hydrogen) atoms. The summed E-state index contributed by atoms with van der Waals surface area (Å²) in [5.41, 5.74) is 1.94. The molecule has 0 fully saturated rings. The molecule has 2 nitrogen and oxygen atoms in total. The normalized spacial score (nSPS) is 11.2.